The number of anilines is 1. The van der Waals surface area contributed by atoms with Crippen LogP contribution in [0.4, 0.5) is 5.69 Å². The summed E-state index contributed by atoms with van der Waals surface area (Å²) >= 11 is 1.31. The van der Waals surface area contributed by atoms with Crippen molar-refractivity contribution in [3.8, 4) is 11.4 Å². The molecule has 0 fully saturated rings. The first-order valence-corrected chi connectivity index (χ1v) is 9.37. The molecule has 1 amide bonds. The third-order valence-electron chi connectivity index (χ3n) is 4.12. The summed E-state index contributed by atoms with van der Waals surface area (Å²) in [5.74, 6) is 0.563. The molecule has 0 spiro atoms. The number of benzene rings is 2. The third-order valence-corrected chi connectivity index (χ3v) is 5.08. The lowest BCUT2D eigenvalue weighted by Crippen LogP contribution is -2.22. The Morgan fingerprint density at radius 3 is 2.70 bits per heavy atom. The number of carbonyl (C=O) groups is 1. The largest absolute Gasteiger partial charge is 0.325 e. The van der Waals surface area contributed by atoms with Gasteiger partial charge in [0.2, 0.25) is 11.1 Å². The molecule has 0 radical (unpaired) electrons. The SMILES string of the molecule is C[C@H](Sc1n[nH]c(-c2ccncc2)n1)C(=O)Nc1cccc2ccccc12. The average Bonchev–Trinajstić information content (AvgIpc) is 3.17. The summed E-state index contributed by atoms with van der Waals surface area (Å²) in [4.78, 5) is 21.1. The monoisotopic (exact) mass is 375 g/mol. The first kappa shape index (κ1) is 17.2. The zero-order chi connectivity index (χ0) is 18.6. The smallest absolute Gasteiger partial charge is 0.237 e. The van der Waals surface area contributed by atoms with Crippen LogP contribution in [0.3, 0.4) is 0 Å². The van der Waals surface area contributed by atoms with Gasteiger partial charge < -0.3 is 5.32 Å². The number of hydrogen-bond acceptors (Lipinski definition) is 5. The van der Waals surface area contributed by atoms with Gasteiger partial charge in [-0.25, -0.2) is 4.98 Å². The minimum atomic E-state index is -0.343. The van der Waals surface area contributed by atoms with Gasteiger partial charge >= 0.3 is 0 Å². The van der Waals surface area contributed by atoms with Crippen molar-refractivity contribution >= 4 is 34.1 Å². The van der Waals surface area contributed by atoms with Crippen molar-refractivity contribution < 1.29 is 4.79 Å². The molecular weight excluding hydrogens is 358 g/mol. The van der Waals surface area contributed by atoms with Gasteiger partial charge in [0.1, 0.15) is 0 Å². The predicted molar refractivity (Wildman–Crippen MR) is 108 cm³/mol. The van der Waals surface area contributed by atoms with Crippen LogP contribution in [0.25, 0.3) is 22.2 Å². The van der Waals surface area contributed by atoms with Crippen molar-refractivity contribution in [2.45, 2.75) is 17.3 Å². The zero-order valence-corrected chi connectivity index (χ0v) is 15.4. The van der Waals surface area contributed by atoms with Gasteiger partial charge in [0.05, 0.1) is 5.25 Å². The van der Waals surface area contributed by atoms with Crippen LogP contribution < -0.4 is 5.32 Å². The second-order valence-electron chi connectivity index (χ2n) is 5.98. The molecule has 0 aliphatic carbocycles. The number of nitrogens with zero attached hydrogens (tertiary/aromatic N) is 3. The lowest BCUT2D eigenvalue weighted by molar-refractivity contribution is -0.115. The molecule has 0 bridgehead atoms. The summed E-state index contributed by atoms with van der Waals surface area (Å²) in [5.41, 5.74) is 1.70. The second-order valence-corrected chi connectivity index (χ2v) is 7.29. The lowest BCUT2D eigenvalue weighted by atomic mass is 10.1. The lowest BCUT2D eigenvalue weighted by Gasteiger charge is -2.12. The first-order valence-electron chi connectivity index (χ1n) is 8.49. The van der Waals surface area contributed by atoms with Crippen LogP contribution in [0.15, 0.2) is 72.1 Å². The van der Waals surface area contributed by atoms with Crippen LogP contribution in [0.2, 0.25) is 0 Å². The number of carbonyl (C=O) groups excluding carboxylic acids is 1. The first-order chi connectivity index (χ1) is 13.2. The summed E-state index contributed by atoms with van der Waals surface area (Å²) in [6.07, 6.45) is 3.40. The van der Waals surface area contributed by atoms with Crippen LogP contribution in [0.1, 0.15) is 6.92 Å². The highest BCUT2D eigenvalue weighted by Crippen LogP contribution is 2.26. The molecule has 134 valence electrons. The molecule has 1 atom stereocenters. The maximum absolute atomic E-state index is 12.6. The number of nitrogens with one attached hydrogen (secondary N) is 2. The van der Waals surface area contributed by atoms with E-state index in [4.69, 9.17) is 0 Å². The van der Waals surface area contributed by atoms with E-state index in [-0.39, 0.29) is 11.2 Å². The number of H-pyrrole nitrogens is 1. The third kappa shape index (κ3) is 3.83. The van der Waals surface area contributed by atoms with E-state index in [0.29, 0.717) is 11.0 Å². The van der Waals surface area contributed by atoms with Gasteiger partial charge in [0.15, 0.2) is 5.82 Å². The number of aromatic nitrogens is 4. The van der Waals surface area contributed by atoms with Crippen molar-refractivity contribution in [3.05, 3.63) is 67.0 Å². The van der Waals surface area contributed by atoms with Crippen molar-refractivity contribution in [2.75, 3.05) is 5.32 Å². The Morgan fingerprint density at radius 1 is 1.07 bits per heavy atom. The molecule has 2 aromatic carbocycles. The topological polar surface area (TPSA) is 83.6 Å². The summed E-state index contributed by atoms with van der Waals surface area (Å²) in [6, 6.07) is 17.5. The Labute approximate surface area is 160 Å². The molecule has 0 saturated heterocycles. The van der Waals surface area contributed by atoms with Gasteiger partial charge in [-0.05, 0) is 30.5 Å². The van der Waals surface area contributed by atoms with E-state index in [0.717, 1.165) is 22.0 Å². The Bertz CT molecular complexity index is 1070. The van der Waals surface area contributed by atoms with Crippen molar-refractivity contribution in [2.24, 2.45) is 0 Å². The molecule has 7 heteroatoms. The fourth-order valence-electron chi connectivity index (χ4n) is 2.72. The van der Waals surface area contributed by atoms with Gasteiger partial charge in [-0.2, -0.15) is 0 Å². The molecule has 4 aromatic rings. The van der Waals surface area contributed by atoms with Crippen molar-refractivity contribution in [1.29, 1.82) is 0 Å². The summed E-state index contributed by atoms with van der Waals surface area (Å²) in [7, 11) is 0. The number of hydrogen-bond donors (Lipinski definition) is 2. The molecule has 2 N–H and O–H groups in total. The number of aromatic amines is 1. The van der Waals surface area contributed by atoms with E-state index < -0.39 is 0 Å². The van der Waals surface area contributed by atoms with E-state index in [9.17, 15) is 4.79 Å². The van der Waals surface area contributed by atoms with Gasteiger partial charge in [-0.1, -0.05) is 48.2 Å². The molecule has 4 rings (SSSR count). The number of fused-ring (bicyclic) bond motifs is 1. The van der Waals surface area contributed by atoms with Gasteiger partial charge in [-0.3, -0.25) is 14.9 Å². The molecule has 2 heterocycles. The quantitative estimate of drug-likeness (QED) is 0.512. The molecule has 2 aromatic heterocycles. The average molecular weight is 375 g/mol. The number of amides is 1. The Morgan fingerprint density at radius 2 is 1.85 bits per heavy atom. The predicted octanol–water partition coefficient (Wildman–Crippen LogP) is 4.14. The molecule has 0 saturated carbocycles. The highest BCUT2D eigenvalue weighted by atomic mass is 32.2. The van der Waals surface area contributed by atoms with E-state index in [1.54, 1.807) is 12.4 Å². The maximum atomic E-state index is 12.6. The van der Waals surface area contributed by atoms with E-state index in [2.05, 4.69) is 25.5 Å². The zero-order valence-electron chi connectivity index (χ0n) is 14.6. The molecular formula is C20H17N5OS. The fraction of sp³-hybridized carbons (Fsp3) is 0.100. The van der Waals surface area contributed by atoms with Gasteiger partial charge in [-0.15, -0.1) is 5.10 Å². The van der Waals surface area contributed by atoms with Crippen LogP contribution in [-0.2, 0) is 4.79 Å². The fourth-order valence-corrected chi connectivity index (χ4v) is 3.44. The minimum absolute atomic E-state index is 0.0911. The normalized spacial score (nSPS) is 12.0. The van der Waals surface area contributed by atoms with Crippen LogP contribution in [0.5, 0.6) is 0 Å². The Balaban J connectivity index is 1.46. The minimum Gasteiger partial charge on any atom is -0.325 e. The van der Waals surface area contributed by atoms with Gasteiger partial charge in [0.25, 0.3) is 0 Å². The molecule has 0 aliphatic heterocycles. The second kappa shape index (κ2) is 7.59. The van der Waals surface area contributed by atoms with E-state index in [1.165, 1.54) is 11.8 Å². The number of pyridine rings is 1. The molecule has 6 nitrogen and oxygen atoms in total. The number of thioether (sulfide) groups is 1. The molecule has 27 heavy (non-hydrogen) atoms. The maximum Gasteiger partial charge on any atom is 0.237 e. The molecule has 0 aliphatic rings. The Hall–Kier alpha value is -3.19. The summed E-state index contributed by atoms with van der Waals surface area (Å²) in [6.45, 7) is 1.84. The van der Waals surface area contributed by atoms with Crippen molar-refractivity contribution in [3.63, 3.8) is 0 Å². The number of rotatable bonds is 5. The van der Waals surface area contributed by atoms with Gasteiger partial charge in [0, 0.05) is 29.0 Å². The van der Waals surface area contributed by atoms with Crippen molar-refractivity contribution in [1.82, 2.24) is 20.2 Å². The standard InChI is InChI=1S/C20H17N5OS/c1-13(27-20-23-18(24-25-20)15-9-11-21-12-10-15)19(26)22-17-8-4-6-14-5-2-3-7-16(14)17/h2-13H,1H3,(H,22,26)(H,23,24,25)/t13-/m0/s1. The summed E-state index contributed by atoms with van der Waals surface area (Å²) in [5, 5.41) is 12.4. The molecule has 0 unspecified atom stereocenters. The highest BCUT2D eigenvalue weighted by molar-refractivity contribution is 8.00. The van der Waals surface area contributed by atoms with Crippen LogP contribution in [-0.4, -0.2) is 31.3 Å². The highest BCUT2D eigenvalue weighted by Gasteiger charge is 2.18. The van der Waals surface area contributed by atoms with E-state index in [1.807, 2.05) is 61.5 Å². The Kier molecular flexibility index (Phi) is 4.84. The van der Waals surface area contributed by atoms with Crippen LogP contribution >= 0.6 is 11.8 Å². The van der Waals surface area contributed by atoms with E-state index >= 15 is 0 Å². The van der Waals surface area contributed by atoms with Crippen LogP contribution in [0, 0.1) is 0 Å². The summed E-state index contributed by atoms with van der Waals surface area (Å²) < 4.78 is 0.